The molecule has 1 unspecified atom stereocenters. The summed E-state index contributed by atoms with van der Waals surface area (Å²) in [6.07, 6.45) is -1.86. The van der Waals surface area contributed by atoms with E-state index in [0.717, 1.165) is 21.6 Å². The third kappa shape index (κ3) is 12.5. The molecular weight excluding hydrogens is 736 g/mol. The van der Waals surface area contributed by atoms with E-state index in [1.54, 1.807) is 72.8 Å². The number of aliphatic imine (C=N–C) groups is 1. The number of esters is 1. The first-order valence-corrected chi connectivity index (χ1v) is 18.8. The van der Waals surface area contributed by atoms with Crippen molar-refractivity contribution in [2.24, 2.45) is 16.8 Å². The van der Waals surface area contributed by atoms with Crippen molar-refractivity contribution in [1.29, 1.82) is 0 Å². The SMILES string of the molecule is CC(C)COC(=O)N1CCN(C(=O)N2C(=O)[C@H](CCCN=C(NC(=O)OCc3ccccc3)NC(=O)OCc3ccccc3)C2C(=O)OCc2ccccc2)CC1. The third-order valence-electron chi connectivity index (χ3n) is 9.04. The number of carbonyl (C=O) groups excluding carboxylic acids is 6. The predicted molar refractivity (Wildman–Crippen MR) is 206 cm³/mol. The van der Waals surface area contributed by atoms with Gasteiger partial charge in [-0.15, -0.1) is 0 Å². The highest BCUT2D eigenvalue weighted by Gasteiger charge is 2.56. The number of rotatable bonds is 13. The van der Waals surface area contributed by atoms with Gasteiger partial charge in [-0.3, -0.25) is 20.4 Å². The maximum absolute atomic E-state index is 13.7. The van der Waals surface area contributed by atoms with Gasteiger partial charge in [-0.2, -0.15) is 0 Å². The van der Waals surface area contributed by atoms with Gasteiger partial charge in [0.1, 0.15) is 19.8 Å². The number of ether oxygens (including phenoxy) is 4. The molecular formula is C41H48N6O10. The molecule has 2 heterocycles. The molecule has 0 aliphatic carbocycles. The van der Waals surface area contributed by atoms with Gasteiger partial charge >= 0.3 is 30.3 Å². The molecule has 57 heavy (non-hydrogen) atoms. The summed E-state index contributed by atoms with van der Waals surface area (Å²) in [5, 5.41) is 4.85. The predicted octanol–water partition coefficient (Wildman–Crippen LogP) is 5.08. The van der Waals surface area contributed by atoms with Crippen LogP contribution >= 0.6 is 0 Å². The molecule has 0 aromatic heterocycles. The molecule has 2 fully saturated rings. The summed E-state index contributed by atoms with van der Waals surface area (Å²) >= 11 is 0. The van der Waals surface area contributed by atoms with Crippen LogP contribution in [0.5, 0.6) is 0 Å². The summed E-state index contributed by atoms with van der Waals surface area (Å²) in [5.41, 5.74) is 2.23. The summed E-state index contributed by atoms with van der Waals surface area (Å²) in [5.74, 6) is -2.24. The topological polar surface area (TPSA) is 185 Å². The Balaban J connectivity index is 1.21. The average molecular weight is 785 g/mol. The highest BCUT2D eigenvalue weighted by Crippen LogP contribution is 2.33. The number of benzene rings is 3. The first-order chi connectivity index (χ1) is 27.6. The second kappa shape index (κ2) is 21.0. The summed E-state index contributed by atoms with van der Waals surface area (Å²) in [7, 11) is 0. The van der Waals surface area contributed by atoms with Crippen LogP contribution in [0.3, 0.4) is 0 Å². The Bertz CT molecular complexity index is 1790. The fourth-order valence-corrected chi connectivity index (χ4v) is 6.01. The van der Waals surface area contributed by atoms with E-state index in [1.807, 2.05) is 32.0 Å². The summed E-state index contributed by atoms with van der Waals surface area (Å²) in [6, 6.07) is 25.2. The maximum Gasteiger partial charge on any atom is 0.414 e. The molecule has 0 bridgehead atoms. The first kappa shape index (κ1) is 41.7. The zero-order chi connectivity index (χ0) is 40.6. The molecule has 0 saturated carbocycles. The standard InChI is InChI=1S/C41H48N6O10/c1-29(2)25-57-41(53)46-23-21-45(22-24-46)40(52)47-34(36(49)54-26-30-13-6-3-7-14-30)33(35(47)48)19-12-20-42-37(43-38(50)55-27-31-15-8-4-9-16-31)44-39(51)56-28-32-17-10-5-11-18-32/h3-11,13-18,29,33-34H,12,19-28H2,1-2H3,(H2,42,43,44,50,51)/t33-,34?/m1/s1. The Labute approximate surface area is 331 Å². The number of alkyl carbamates (subject to hydrolysis) is 2. The van der Waals surface area contributed by atoms with Crippen molar-refractivity contribution in [2.75, 3.05) is 39.3 Å². The van der Waals surface area contributed by atoms with Crippen LogP contribution in [0.4, 0.5) is 19.2 Å². The van der Waals surface area contributed by atoms with Crippen LogP contribution in [0.2, 0.25) is 0 Å². The minimum Gasteiger partial charge on any atom is -0.459 e. The molecule has 2 aliphatic rings. The molecule has 3 aromatic rings. The number of hydrogen-bond acceptors (Lipinski definition) is 11. The molecule has 302 valence electrons. The molecule has 3 aromatic carbocycles. The van der Waals surface area contributed by atoms with E-state index in [9.17, 15) is 28.8 Å². The van der Waals surface area contributed by atoms with E-state index < -0.39 is 48.1 Å². The van der Waals surface area contributed by atoms with E-state index >= 15 is 0 Å². The van der Waals surface area contributed by atoms with E-state index in [2.05, 4.69) is 15.6 Å². The van der Waals surface area contributed by atoms with Crippen LogP contribution in [-0.2, 0) is 48.4 Å². The number of piperazine rings is 1. The van der Waals surface area contributed by atoms with Gasteiger partial charge in [-0.05, 0) is 35.4 Å². The van der Waals surface area contributed by atoms with E-state index in [1.165, 1.54) is 9.80 Å². The number of imide groups is 1. The first-order valence-electron chi connectivity index (χ1n) is 18.8. The lowest BCUT2D eigenvalue weighted by atomic mass is 9.83. The number of nitrogens with one attached hydrogen (secondary N) is 2. The van der Waals surface area contributed by atoms with Crippen LogP contribution in [-0.4, -0.2) is 102 Å². The minimum atomic E-state index is -1.19. The largest absolute Gasteiger partial charge is 0.459 e. The molecule has 0 radical (unpaired) electrons. The highest BCUT2D eigenvalue weighted by atomic mass is 16.6. The molecule has 5 rings (SSSR count). The normalized spacial score (nSPS) is 16.2. The van der Waals surface area contributed by atoms with Gasteiger partial charge in [-0.1, -0.05) is 105 Å². The number of hydrogen-bond donors (Lipinski definition) is 2. The Morgan fingerprint density at radius 2 is 1.16 bits per heavy atom. The van der Waals surface area contributed by atoms with Crippen molar-refractivity contribution >= 4 is 42.1 Å². The quantitative estimate of drug-likeness (QED) is 0.0592. The summed E-state index contributed by atoms with van der Waals surface area (Å²) in [4.78, 5) is 86.8. The van der Waals surface area contributed by atoms with Crippen molar-refractivity contribution in [3.63, 3.8) is 0 Å². The molecule has 2 aliphatic heterocycles. The van der Waals surface area contributed by atoms with Crippen molar-refractivity contribution in [3.05, 3.63) is 108 Å². The van der Waals surface area contributed by atoms with E-state index in [4.69, 9.17) is 18.9 Å². The van der Waals surface area contributed by atoms with Crippen molar-refractivity contribution in [2.45, 2.75) is 52.6 Å². The van der Waals surface area contributed by atoms with Crippen molar-refractivity contribution < 1.29 is 47.7 Å². The van der Waals surface area contributed by atoms with Crippen LogP contribution < -0.4 is 10.6 Å². The van der Waals surface area contributed by atoms with Gasteiger partial charge in [0.2, 0.25) is 11.9 Å². The Morgan fingerprint density at radius 1 is 0.684 bits per heavy atom. The molecule has 2 atom stereocenters. The van der Waals surface area contributed by atoms with Gasteiger partial charge in [0, 0.05) is 32.7 Å². The number of nitrogens with zero attached hydrogens (tertiary/aromatic N) is 4. The average Bonchev–Trinajstić information content (AvgIpc) is 3.23. The molecule has 16 nitrogen and oxygen atoms in total. The number of likely N-dealkylation sites (tertiary alicyclic amines) is 1. The smallest absolute Gasteiger partial charge is 0.414 e. The van der Waals surface area contributed by atoms with E-state index in [0.29, 0.717) is 0 Å². The molecule has 6 amide bonds. The second-order valence-electron chi connectivity index (χ2n) is 13.8. The fourth-order valence-electron chi connectivity index (χ4n) is 6.01. The number of urea groups is 1. The molecule has 2 N–H and O–H groups in total. The Hall–Kier alpha value is -6.45. The zero-order valence-electron chi connectivity index (χ0n) is 32.0. The summed E-state index contributed by atoms with van der Waals surface area (Å²) < 4.78 is 21.5. The summed E-state index contributed by atoms with van der Waals surface area (Å²) in [6.45, 7) is 4.74. The molecule has 0 spiro atoms. The van der Waals surface area contributed by atoms with Gasteiger partial charge in [-0.25, -0.2) is 28.9 Å². The third-order valence-corrected chi connectivity index (χ3v) is 9.04. The van der Waals surface area contributed by atoms with Crippen LogP contribution in [0.15, 0.2) is 96.0 Å². The number of guanidine groups is 1. The second-order valence-corrected chi connectivity index (χ2v) is 13.8. The number of carbonyl (C=O) groups is 6. The zero-order valence-corrected chi connectivity index (χ0v) is 32.0. The van der Waals surface area contributed by atoms with E-state index in [-0.39, 0.29) is 83.9 Å². The lowest BCUT2D eigenvalue weighted by molar-refractivity contribution is -0.171. The lowest BCUT2D eigenvalue weighted by Crippen LogP contribution is -2.69. The van der Waals surface area contributed by atoms with Crippen LogP contribution in [0.25, 0.3) is 0 Å². The fraction of sp³-hybridized carbons (Fsp3) is 0.390. The maximum atomic E-state index is 13.7. The molecule has 2 saturated heterocycles. The van der Waals surface area contributed by atoms with Gasteiger partial charge in [0.05, 0.1) is 12.5 Å². The van der Waals surface area contributed by atoms with Gasteiger partial charge in [0.15, 0.2) is 6.04 Å². The van der Waals surface area contributed by atoms with Crippen LogP contribution in [0, 0.1) is 11.8 Å². The van der Waals surface area contributed by atoms with Gasteiger partial charge in [0.25, 0.3) is 0 Å². The highest BCUT2D eigenvalue weighted by molar-refractivity contribution is 6.08. The molecule has 16 heteroatoms. The Morgan fingerprint density at radius 3 is 1.65 bits per heavy atom. The van der Waals surface area contributed by atoms with Crippen LogP contribution in [0.1, 0.15) is 43.4 Å². The van der Waals surface area contributed by atoms with Gasteiger partial charge < -0.3 is 28.7 Å². The number of amides is 6. The van der Waals surface area contributed by atoms with Crippen molar-refractivity contribution in [1.82, 2.24) is 25.3 Å². The lowest BCUT2D eigenvalue weighted by Gasteiger charge is -2.46. The monoisotopic (exact) mass is 784 g/mol. The number of β-lactam (4-membered cyclic amide) rings is 1. The minimum absolute atomic E-state index is 0.00560. The Kier molecular flexibility index (Phi) is 15.4. The van der Waals surface area contributed by atoms with Crippen molar-refractivity contribution in [3.8, 4) is 0 Å².